The number of nitriles is 1. The van der Waals surface area contributed by atoms with Crippen molar-refractivity contribution in [1.29, 1.82) is 5.26 Å². The van der Waals surface area contributed by atoms with Crippen LogP contribution in [0, 0.1) is 10.7 Å². The van der Waals surface area contributed by atoms with Gasteiger partial charge in [0.25, 0.3) is 0 Å². The highest BCUT2D eigenvalue weighted by Gasteiger charge is 2.18. The molecule has 4 heteroatoms. The average Bonchev–Trinajstić information content (AvgIpc) is 2.55. The molecule has 0 unspecified atom stereocenters. The van der Waals surface area contributed by atoms with E-state index in [1.807, 2.05) is 11.5 Å². The largest absolute Gasteiger partial charge is 0.491 e. The molecular formula is C17H23NO2S. The number of benzene rings is 1. The van der Waals surface area contributed by atoms with Crippen LogP contribution in [0.1, 0.15) is 43.6 Å². The molecule has 0 N–H and O–H groups in total. The van der Waals surface area contributed by atoms with Crippen LogP contribution in [-0.2, 0) is 4.74 Å². The summed E-state index contributed by atoms with van der Waals surface area (Å²) in [7, 11) is 0. The van der Waals surface area contributed by atoms with Crippen molar-refractivity contribution < 1.29 is 9.47 Å². The standard InChI is InChI=1S/C17H23NO2S/c18-14-21-13-12-19-10-11-20-17-9-5-4-8-16(17)15-6-2-1-3-7-15/h4-5,8-9,15H,1-3,6-7,10-13H2. The molecule has 1 saturated carbocycles. The number of para-hydroxylation sites is 1. The molecule has 1 fully saturated rings. The Balaban J connectivity index is 1.76. The Morgan fingerprint density at radius 3 is 2.71 bits per heavy atom. The molecule has 1 aromatic carbocycles. The number of hydrogen-bond acceptors (Lipinski definition) is 4. The topological polar surface area (TPSA) is 42.2 Å². The summed E-state index contributed by atoms with van der Waals surface area (Å²) in [6.45, 7) is 1.75. The predicted molar refractivity (Wildman–Crippen MR) is 86.7 cm³/mol. The van der Waals surface area contributed by atoms with E-state index in [0.29, 0.717) is 25.7 Å². The number of thiocyanates is 1. The van der Waals surface area contributed by atoms with Crippen LogP contribution < -0.4 is 4.74 Å². The van der Waals surface area contributed by atoms with Crippen molar-refractivity contribution in [2.45, 2.75) is 38.0 Å². The van der Waals surface area contributed by atoms with Crippen LogP contribution >= 0.6 is 11.8 Å². The van der Waals surface area contributed by atoms with Gasteiger partial charge in [0.05, 0.1) is 13.2 Å². The van der Waals surface area contributed by atoms with Crippen LogP contribution in [0.4, 0.5) is 0 Å². The van der Waals surface area contributed by atoms with Gasteiger partial charge in [0, 0.05) is 5.75 Å². The quantitative estimate of drug-likeness (QED) is 0.529. The smallest absolute Gasteiger partial charge is 0.133 e. The maximum Gasteiger partial charge on any atom is 0.133 e. The first-order valence-electron chi connectivity index (χ1n) is 7.72. The zero-order valence-corrected chi connectivity index (χ0v) is 13.2. The lowest BCUT2D eigenvalue weighted by molar-refractivity contribution is 0.111. The van der Waals surface area contributed by atoms with Crippen LogP contribution in [0.25, 0.3) is 0 Å². The van der Waals surface area contributed by atoms with E-state index in [9.17, 15) is 0 Å². The number of ether oxygens (including phenoxy) is 2. The number of hydrogen-bond donors (Lipinski definition) is 0. The summed E-state index contributed by atoms with van der Waals surface area (Å²) in [5.41, 5.74) is 1.36. The van der Waals surface area contributed by atoms with Crippen LogP contribution in [0.15, 0.2) is 24.3 Å². The zero-order valence-electron chi connectivity index (χ0n) is 12.4. The minimum Gasteiger partial charge on any atom is -0.491 e. The van der Waals surface area contributed by atoms with E-state index in [1.165, 1.54) is 49.4 Å². The predicted octanol–water partition coefficient (Wildman–Crippen LogP) is 4.34. The Morgan fingerprint density at radius 2 is 1.90 bits per heavy atom. The molecule has 0 aliphatic heterocycles. The molecule has 0 radical (unpaired) electrons. The van der Waals surface area contributed by atoms with E-state index in [-0.39, 0.29) is 0 Å². The van der Waals surface area contributed by atoms with Gasteiger partial charge in [-0.2, -0.15) is 5.26 Å². The fourth-order valence-corrected chi connectivity index (χ4v) is 3.11. The summed E-state index contributed by atoms with van der Waals surface area (Å²) in [5, 5.41) is 10.4. The molecule has 0 saturated heterocycles. The van der Waals surface area contributed by atoms with Gasteiger partial charge in [-0.05, 0) is 42.2 Å². The highest BCUT2D eigenvalue weighted by atomic mass is 32.2. The lowest BCUT2D eigenvalue weighted by atomic mass is 9.84. The van der Waals surface area contributed by atoms with Crippen molar-refractivity contribution in [3.8, 4) is 11.2 Å². The van der Waals surface area contributed by atoms with E-state index in [0.717, 1.165) is 11.5 Å². The van der Waals surface area contributed by atoms with Gasteiger partial charge in [0.2, 0.25) is 0 Å². The molecule has 21 heavy (non-hydrogen) atoms. The molecule has 0 amide bonds. The van der Waals surface area contributed by atoms with E-state index >= 15 is 0 Å². The van der Waals surface area contributed by atoms with E-state index in [2.05, 4.69) is 18.2 Å². The van der Waals surface area contributed by atoms with E-state index in [1.54, 1.807) is 0 Å². The first-order chi connectivity index (χ1) is 10.4. The maximum atomic E-state index is 8.40. The second-order valence-electron chi connectivity index (χ2n) is 5.27. The highest BCUT2D eigenvalue weighted by molar-refractivity contribution is 8.03. The van der Waals surface area contributed by atoms with Crippen molar-refractivity contribution in [2.75, 3.05) is 25.6 Å². The molecule has 1 aliphatic rings. The fraction of sp³-hybridized carbons (Fsp3) is 0.588. The van der Waals surface area contributed by atoms with Gasteiger partial charge in [-0.3, -0.25) is 0 Å². The van der Waals surface area contributed by atoms with Crippen LogP contribution in [0.5, 0.6) is 5.75 Å². The van der Waals surface area contributed by atoms with Gasteiger partial charge >= 0.3 is 0 Å². The normalized spacial score (nSPS) is 15.6. The Kier molecular flexibility index (Phi) is 7.48. The van der Waals surface area contributed by atoms with Gasteiger partial charge in [-0.15, -0.1) is 0 Å². The third-order valence-electron chi connectivity index (χ3n) is 3.84. The molecule has 1 aromatic rings. The molecule has 0 aromatic heterocycles. The van der Waals surface area contributed by atoms with E-state index in [4.69, 9.17) is 14.7 Å². The van der Waals surface area contributed by atoms with Gasteiger partial charge in [-0.1, -0.05) is 37.5 Å². The lowest BCUT2D eigenvalue weighted by Crippen LogP contribution is -2.11. The number of thioether (sulfide) groups is 1. The Labute approximate surface area is 131 Å². The minimum atomic E-state index is 0.570. The van der Waals surface area contributed by atoms with Crippen LogP contribution in [0.3, 0.4) is 0 Å². The minimum absolute atomic E-state index is 0.570. The molecule has 0 atom stereocenters. The second-order valence-corrected chi connectivity index (χ2v) is 6.15. The Bertz CT molecular complexity index is 452. The summed E-state index contributed by atoms with van der Waals surface area (Å²) >= 11 is 1.22. The third kappa shape index (κ3) is 5.61. The fourth-order valence-electron chi connectivity index (χ4n) is 2.82. The monoisotopic (exact) mass is 305 g/mol. The van der Waals surface area contributed by atoms with Crippen molar-refractivity contribution in [1.82, 2.24) is 0 Å². The molecule has 2 rings (SSSR count). The molecule has 0 spiro atoms. The summed E-state index contributed by atoms with van der Waals surface area (Å²) in [6, 6.07) is 8.41. The van der Waals surface area contributed by atoms with Crippen LogP contribution in [0.2, 0.25) is 0 Å². The summed E-state index contributed by atoms with van der Waals surface area (Å²) in [5.74, 6) is 2.39. The number of rotatable bonds is 8. The van der Waals surface area contributed by atoms with Crippen molar-refractivity contribution in [3.05, 3.63) is 29.8 Å². The van der Waals surface area contributed by atoms with Crippen molar-refractivity contribution in [2.24, 2.45) is 0 Å². The zero-order chi connectivity index (χ0) is 14.8. The molecule has 0 heterocycles. The first kappa shape index (κ1) is 16.2. The summed E-state index contributed by atoms with van der Waals surface area (Å²) in [4.78, 5) is 0. The van der Waals surface area contributed by atoms with Gasteiger partial charge in [-0.25, -0.2) is 0 Å². The molecule has 0 bridgehead atoms. The molecule has 1 aliphatic carbocycles. The number of nitrogens with zero attached hydrogens (tertiary/aromatic N) is 1. The van der Waals surface area contributed by atoms with Crippen molar-refractivity contribution in [3.63, 3.8) is 0 Å². The third-order valence-corrected chi connectivity index (χ3v) is 4.34. The Morgan fingerprint density at radius 1 is 1.10 bits per heavy atom. The maximum absolute atomic E-state index is 8.40. The van der Waals surface area contributed by atoms with Crippen LogP contribution in [-0.4, -0.2) is 25.6 Å². The SMILES string of the molecule is N#CSCCOCCOc1ccccc1C1CCCCC1. The first-order valence-corrected chi connectivity index (χ1v) is 8.70. The summed E-state index contributed by atoms with van der Waals surface area (Å²) < 4.78 is 11.3. The van der Waals surface area contributed by atoms with Gasteiger partial charge in [0.1, 0.15) is 17.8 Å². The Hall–Kier alpha value is -1.18. The highest BCUT2D eigenvalue weighted by Crippen LogP contribution is 2.37. The summed E-state index contributed by atoms with van der Waals surface area (Å²) in [6.07, 6.45) is 6.59. The van der Waals surface area contributed by atoms with Crippen molar-refractivity contribution >= 4 is 11.8 Å². The molecule has 114 valence electrons. The van der Waals surface area contributed by atoms with Gasteiger partial charge < -0.3 is 9.47 Å². The van der Waals surface area contributed by atoms with Gasteiger partial charge in [0.15, 0.2) is 0 Å². The van der Waals surface area contributed by atoms with E-state index < -0.39 is 0 Å². The molecular weight excluding hydrogens is 282 g/mol. The lowest BCUT2D eigenvalue weighted by Gasteiger charge is -2.24. The second kappa shape index (κ2) is 9.70. The average molecular weight is 305 g/mol. The molecule has 3 nitrogen and oxygen atoms in total.